The number of carbonyl (C=O) groups excluding carboxylic acids is 1. The minimum absolute atomic E-state index is 0.0940. The van der Waals surface area contributed by atoms with E-state index in [0.29, 0.717) is 11.3 Å². The van der Waals surface area contributed by atoms with Crippen molar-refractivity contribution in [3.8, 4) is 11.6 Å². The first kappa shape index (κ1) is 18.9. The number of hydrazone groups is 1. The Kier molecular flexibility index (Phi) is 5.87. The van der Waals surface area contributed by atoms with E-state index < -0.39 is 10.8 Å². The number of halogens is 1. The number of aromatic nitrogens is 2. The molecule has 0 saturated heterocycles. The van der Waals surface area contributed by atoms with Crippen molar-refractivity contribution in [3.63, 3.8) is 0 Å². The monoisotopic (exact) mass is 397 g/mol. The molecule has 0 atom stereocenters. The minimum Gasteiger partial charge on any atom is -0.439 e. The predicted molar refractivity (Wildman–Crippen MR) is 102 cm³/mol. The fourth-order valence-corrected chi connectivity index (χ4v) is 2.27. The van der Waals surface area contributed by atoms with Crippen LogP contribution in [-0.2, 0) is 0 Å². The van der Waals surface area contributed by atoms with Crippen LogP contribution in [0.25, 0.3) is 0 Å². The minimum atomic E-state index is -0.536. The van der Waals surface area contributed by atoms with Gasteiger partial charge in [-0.3, -0.25) is 14.9 Å². The summed E-state index contributed by atoms with van der Waals surface area (Å²) in [5, 5.41) is 14.6. The summed E-state index contributed by atoms with van der Waals surface area (Å²) in [5.41, 5.74) is 3.18. The maximum atomic E-state index is 12.0. The van der Waals surface area contributed by atoms with Gasteiger partial charge in [0.15, 0.2) is 0 Å². The summed E-state index contributed by atoms with van der Waals surface area (Å²) in [6.07, 6.45) is 4.06. The molecular formula is C18H12ClN5O4. The predicted octanol–water partition coefficient (Wildman–Crippen LogP) is 3.59. The van der Waals surface area contributed by atoms with E-state index in [1.165, 1.54) is 24.5 Å². The molecule has 3 aromatic rings. The number of nitrogens with one attached hydrogen (secondary N) is 1. The normalized spacial score (nSPS) is 10.6. The molecule has 2 heterocycles. The summed E-state index contributed by atoms with van der Waals surface area (Å²) in [7, 11) is 0. The first-order valence-corrected chi connectivity index (χ1v) is 8.23. The first-order chi connectivity index (χ1) is 13.5. The lowest BCUT2D eigenvalue weighted by Gasteiger charge is -2.04. The van der Waals surface area contributed by atoms with E-state index in [9.17, 15) is 14.9 Å². The number of nitrogens with zero attached hydrogens (tertiary/aromatic N) is 4. The van der Waals surface area contributed by atoms with Gasteiger partial charge in [0.05, 0.1) is 16.7 Å². The summed E-state index contributed by atoms with van der Waals surface area (Å²) in [6, 6.07) is 12.6. The lowest BCUT2D eigenvalue weighted by Crippen LogP contribution is -2.18. The number of benzene rings is 1. The average Bonchev–Trinajstić information content (AvgIpc) is 2.70. The van der Waals surface area contributed by atoms with Crippen LogP contribution in [0.3, 0.4) is 0 Å². The molecular weight excluding hydrogens is 386 g/mol. The molecule has 0 bridgehead atoms. The molecule has 2 aromatic heterocycles. The molecule has 0 aliphatic carbocycles. The second kappa shape index (κ2) is 8.69. The fraction of sp³-hybridized carbons (Fsp3) is 0. The number of hydrogen-bond donors (Lipinski definition) is 1. The number of rotatable bonds is 6. The second-order valence-corrected chi connectivity index (χ2v) is 5.68. The van der Waals surface area contributed by atoms with Crippen molar-refractivity contribution in [1.29, 1.82) is 0 Å². The molecule has 0 unspecified atom stereocenters. The largest absolute Gasteiger partial charge is 0.439 e. The Morgan fingerprint density at radius 2 is 1.96 bits per heavy atom. The number of amides is 1. The van der Waals surface area contributed by atoms with Crippen LogP contribution < -0.4 is 10.2 Å². The number of ether oxygens (including phenoxy) is 1. The Morgan fingerprint density at radius 3 is 2.61 bits per heavy atom. The van der Waals surface area contributed by atoms with Crippen molar-refractivity contribution in [1.82, 2.24) is 15.4 Å². The van der Waals surface area contributed by atoms with Gasteiger partial charge in [-0.15, -0.1) is 0 Å². The van der Waals surface area contributed by atoms with E-state index in [-0.39, 0.29) is 22.3 Å². The van der Waals surface area contributed by atoms with Crippen LogP contribution in [0.2, 0.25) is 5.15 Å². The molecule has 3 rings (SSSR count). The van der Waals surface area contributed by atoms with E-state index in [4.69, 9.17) is 16.3 Å². The Labute approximate surface area is 163 Å². The van der Waals surface area contributed by atoms with Crippen molar-refractivity contribution >= 4 is 29.4 Å². The molecule has 28 heavy (non-hydrogen) atoms. The highest BCUT2D eigenvalue weighted by atomic mass is 35.5. The number of carbonyl (C=O) groups is 1. The van der Waals surface area contributed by atoms with Gasteiger partial charge in [-0.05, 0) is 42.0 Å². The van der Waals surface area contributed by atoms with Crippen molar-refractivity contribution in [2.75, 3.05) is 0 Å². The van der Waals surface area contributed by atoms with Crippen molar-refractivity contribution in [2.24, 2.45) is 5.10 Å². The van der Waals surface area contributed by atoms with E-state index in [1.54, 1.807) is 36.4 Å². The average molecular weight is 398 g/mol. The second-order valence-electron chi connectivity index (χ2n) is 5.32. The zero-order valence-corrected chi connectivity index (χ0v) is 14.9. The summed E-state index contributed by atoms with van der Waals surface area (Å²) in [4.78, 5) is 29.7. The molecule has 0 spiro atoms. The van der Waals surface area contributed by atoms with Crippen LogP contribution in [-0.4, -0.2) is 27.0 Å². The summed E-state index contributed by atoms with van der Waals surface area (Å²) in [6.45, 7) is 0. The highest BCUT2D eigenvalue weighted by Crippen LogP contribution is 2.21. The van der Waals surface area contributed by atoms with E-state index >= 15 is 0 Å². The highest BCUT2D eigenvalue weighted by Gasteiger charge is 2.09. The Balaban J connectivity index is 1.58. The van der Waals surface area contributed by atoms with E-state index in [1.807, 2.05) is 0 Å². The van der Waals surface area contributed by atoms with Gasteiger partial charge in [0.2, 0.25) is 5.88 Å². The molecule has 0 saturated carbocycles. The van der Waals surface area contributed by atoms with Crippen molar-refractivity contribution < 1.29 is 14.5 Å². The molecule has 0 radical (unpaired) electrons. The number of pyridine rings is 2. The molecule has 0 aliphatic heterocycles. The third kappa shape index (κ3) is 4.86. The van der Waals surface area contributed by atoms with Crippen LogP contribution >= 0.6 is 11.6 Å². The topological polar surface area (TPSA) is 120 Å². The first-order valence-electron chi connectivity index (χ1n) is 7.85. The molecule has 9 nitrogen and oxygen atoms in total. The maximum Gasteiger partial charge on any atom is 0.287 e. The zero-order chi connectivity index (χ0) is 19.9. The quantitative estimate of drug-likeness (QED) is 0.293. The molecule has 1 amide bonds. The SMILES string of the molecule is O=C(NN=Cc1ccc(Oc2ccc([N+](=O)[O-])cn2)cc1)c1cccnc1Cl. The standard InChI is InChI=1S/C18H12ClN5O4/c19-17-15(2-1-9-20-17)18(25)23-22-10-12-3-6-14(7-4-12)28-16-8-5-13(11-21-16)24(26)27/h1-11H,(H,23,25). The summed E-state index contributed by atoms with van der Waals surface area (Å²) < 4.78 is 5.51. The van der Waals surface area contributed by atoms with Gasteiger partial charge in [-0.1, -0.05) is 11.6 Å². The van der Waals surface area contributed by atoms with Gasteiger partial charge in [-0.2, -0.15) is 5.10 Å². The highest BCUT2D eigenvalue weighted by molar-refractivity contribution is 6.32. The van der Waals surface area contributed by atoms with Gasteiger partial charge in [0.1, 0.15) is 17.1 Å². The van der Waals surface area contributed by atoms with Crippen molar-refractivity contribution in [3.05, 3.63) is 87.3 Å². The fourth-order valence-electron chi connectivity index (χ4n) is 2.06. The Hall–Kier alpha value is -3.85. The van der Waals surface area contributed by atoms with Crippen LogP contribution in [0.5, 0.6) is 11.6 Å². The molecule has 1 N–H and O–H groups in total. The molecule has 10 heteroatoms. The molecule has 140 valence electrons. The zero-order valence-electron chi connectivity index (χ0n) is 14.2. The lowest BCUT2D eigenvalue weighted by atomic mass is 10.2. The molecule has 0 fully saturated rings. The van der Waals surface area contributed by atoms with E-state index in [2.05, 4.69) is 20.5 Å². The van der Waals surface area contributed by atoms with Crippen LogP contribution in [0.1, 0.15) is 15.9 Å². The maximum absolute atomic E-state index is 12.0. The molecule has 0 aliphatic rings. The number of nitro groups is 1. The molecule has 1 aromatic carbocycles. The van der Waals surface area contributed by atoms with Gasteiger partial charge >= 0.3 is 0 Å². The third-order valence-corrected chi connectivity index (χ3v) is 3.72. The van der Waals surface area contributed by atoms with Gasteiger partial charge in [0, 0.05) is 18.3 Å². The van der Waals surface area contributed by atoms with Gasteiger partial charge in [-0.25, -0.2) is 15.4 Å². The van der Waals surface area contributed by atoms with Gasteiger partial charge < -0.3 is 4.74 Å². The summed E-state index contributed by atoms with van der Waals surface area (Å²) >= 11 is 5.85. The number of hydrogen-bond acceptors (Lipinski definition) is 7. The lowest BCUT2D eigenvalue weighted by molar-refractivity contribution is -0.385. The Morgan fingerprint density at radius 1 is 1.18 bits per heavy atom. The van der Waals surface area contributed by atoms with Gasteiger partial charge in [0.25, 0.3) is 11.6 Å². The third-order valence-electron chi connectivity index (χ3n) is 3.42. The van der Waals surface area contributed by atoms with Crippen LogP contribution in [0.15, 0.2) is 66.0 Å². The smallest absolute Gasteiger partial charge is 0.287 e. The summed E-state index contributed by atoms with van der Waals surface area (Å²) in [5.74, 6) is 0.246. The van der Waals surface area contributed by atoms with Crippen molar-refractivity contribution in [2.45, 2.75) is 0 Å². The van der Waals surface area contributed by atoms with Crippen LogP contribution in [0.4, 0.5) is 5.69 Å². The Bertz CT molecular complexity index is 1020. The van der Waals surface area contributed by atoms with Crippen LogP contribution in [0, 0.1) is 10.1 Å². The van der Waals surface area contributed by atoms with E-state index in [0.717, 1.165) is 6.20 Å².